The number of allylic oxidation sites excluding steroid dienone is 1. The quantitative estimate of drug-likeness (QED) is 0.857. The van der Waals surface area contributed by atoms with Crippen LogP contribution >= 0.6 is 11.3 Å². The zero-order valence-electron chi connectivity index (χ0n) is 10.1. The number of hydrogen-bond donors (Lipinski definition) is 1. The monoisotopic (exact) mass is 256 g/mol. The molecule has 0 atom stereocenters. The largest absolute Gasteiger partial charge is 0.345 e. The van der Waals surface area contributed by atoms with E-state index in [-0.39, 0.29) is 0 Å². The maximum Gasteiger partial charge on any atom is 0.135 e. The molecule has 4 nitrogen and oxygen atoms in total. The Labute approximate surface area is 110 Å². The standard InChI is InChI=1S/C13H12N4S/c1-9-4-3-5-15-12(9)16-7-11(6-14)13-17-10(2)8-18-13/h3-5,7-8H,1-2H3,(H,15,16)/b11-7+. The van der Waals surface area contributed by atoms with Crippen LogP contribution in [0.4, 0.5) is 5.82 Å². The third-order valence-electron chi connectivity index (χ3n) is 2.33. The molecule has 0 saturated carbocycles. The highest BCUT2D eigenvalue weighted by molar-refractivity contribution is 7.10. The van der Waals surface area contributed by atoms with E-state index in [1.165, 1.54) is 11.3 Å². The van der Waals surface area contributed by atoms with Crippen molar-refractivity contribution in [1.29, 1.82) is 5.26 Å². The van der Waals surface area contributed by atoms with Gasteiger partial charge in [-0.15, -0.1) is 11.3 Å². The smallest absolute Gasteiger partial charge is 0.135 e. The van der Waals surface area contributed by atoms with Gasteiger partial charge in [-0.1, -0.05) is 6.07 Å². The molecule has 2 rings (SSSR count). The van der Waals surface area contributed by atoms with Gasteiger partial charge in [0.25, 0.3) is 0 Å². The molecule has 0 unspecified atom stereocenters. The fourth-order valence-electron chi connectivity index (χ4n) is 1.40. The molecule has 0 saturated heterocycles. The van der Waals surface area contributed by atoms with Crippen molar-refractivity contribution in [2.75, 3.05) is 5.32 Å². The minimum Gasteiger partial charge on any atom is -0.345 e. The first kappa shape index (κ1) is 12.3. The molecule has 0 fully saturated rings. The fraction of sp³-hybridized carbons (Fsp3) is 0.154. The number of hydrogen-bond acceptors (Lipinski definition) is 5. The van der Waals surface area contributed by atoms with Crippen LogP contribution in [-0.2, 0) is 0 Å². The van der Waals surface area contributed by atoms with Crippen molar-refractivity contribution in [1.82, 2.24) is 9.97 Å². The summed E-state index contributed by atoms with van der Waals surface area (Å²) >= 11 is 1.46. The second-order valence-electron chi connectivity index (χ2n) is 3.78. The van der Waals surface area contributed by atoms with Gasteiger partial charge >= 0.3 is 0 Å². The molecule has 90 valence electrons. The first-order valence-corrected chi connectivity index (χ1v) is 6.29. The minimum atomic E-state index is 0.512. The van der Waals surface area contributed by atoms with Gasteiger partial charge in [-0.05, 0) is 25.5 Å². The van der Waals surface area contributed by atoms with E-state index in [9.17, 15) is 0 Å². The number of rotatable bonds is 3. The van der Waals surface area contributed by atoms with Gasteiger partial charge in [-0.2, -0.15) is 5.26 Å². The summed E-state index contributed by atoms with van der Waals surface area (Å²) in [6.07, 6.45) is 3.36. The summed E-state index contributed by atoms with van der Waals surface area (Å²) in [7, 11) is 0. The summed E-state index contributed by atoms with van der Waals surface area (Å²) in [5.74, 6) is 0.749. The van der Waals surface area contributed by atoms with Gasteiger partial charge in [0.15, 0.2) is 0 Å². The highest BCUT2D eigenvalue weighted by Gasteiger charge is 2.05. The molecule has 18 heavy (non-hydrogen) atoms. The molecule has 0 bridgehead atoms. The minimum absolute atomic E-state index is 0.512. The molecule has 2 heterocycles. The first-order valence-electron chi connectivity index (χ1n) is 5.41. The van der Waals surface area contributed by atoms with Gasteiger partial charge in [-0.25, -0.2) is 9.97 Å². The molecule has 0 amide bonds. The predicted molar refractivity (Wildman–Crippen MR) is 73.0 cm³/mol. The summed E-state index contributed by atoms with van der Waals surface area (Å²) in [6, 6.07) is 5.98. The second kappa shape index (κ2) is 5.43. The van der Waals surface area contributed by atoms with E-state index in [0.29, 0.717) is 5.57 Å². The van der Waals surface area contributed by atoms with Crippen molar-refractivity contribution in [3.8, 4) is 6.07 Å². The third kappa shape index (κ3) is 2.73. The first-order chi connectivity index (χ1) is 8.70. The SMILES string of the molecule is Cc1csc(/C(C#N)=C/Nc2ncccc2C)n1. The Morgan fingerprint density at radius 1 is 1.50 bits per heavy atom. The Morgan fingerprint density at radius 2 is 2.33 bits per heavy atom. The van der Waals surface area contributed by atoms with E-state index >= 15 is 0 Å². The molecule has 0 radical (unpaired) electrons. The number of pyridine rings is 1. The summed E-state index contributed by atoms with van der Waals surface area (Å²) in [6.45, 7) is 3.87. The highest BCUT2D eigenvalue weighted by Crippen LogP contribution is 2.19. The topological polar surface area (TPSA) is 61.6 Å². The van der Waals surface area contributed by atoms with E-state index in [4.69, 9.17) is 5.26 Å². The Morgan fingerprint density at radius 3 is 2.94 bits per heavy atom. The van der Waals surface area contributed by atoms with Crippen LogP contribution in [0.5, 0.6) is 0 Å². The maximum absolute atomic E-state index is 9.12. The summed E-state index contributed by atoms with van der Waals surface area (Å²) in [5.41, 5.74) is 2.46. The Kier molecular flexibility index (Phi) is 3.70. The van der Waals surface area contributed by atoms with E-state index in [1.54, 1.807) is 12.4 Å². The maximum atomic E-state index is 9.12. The van der Waals surface area contributed by atoms with Crippen molar-refractivity contribution in [2.45, 2.75) is 13.8 Å². The van der Waals surface area contributed by atoms with Crippen LogP contribution in [0, 0.1) is 25.2 Å². The molecule has 0 aromatic carbocycles. The van der Waals surface area contributed by atoms with Crippen molar-refractivity contribution >= 4 is 22.7 Å². The average Bonchev–Trinajstić information content (AvgIpc) is 2.79. The van der Waals surface area contributed by atoms with Crippen molar-refractivity contribution in [2.24, 2.45) is 0 Å². The summed E-state index contributed by atoms with van der Waals surface area (Å²) < 4.78 is 0. The van der Waals surface area contributed by atoms with Crippen molar-refractivity contribution in [3.63, 3.8) is 0 Å². The molecule has 2 aromatic heterocycles. The molecule has 0 aliphatic rings. The lowest BCUT2D eigenvalue weighted by Crippen LogP contribution is -1.95. The van der Waals surface area contributed by atoms with Crippen molar-refractivity contribution in [3.05, 3.63) is 46.2 Å². The lowest BCUT2D eigenvalue weighted by atomic mass is 10.3. The molecule has 5 heteroatoms. The summed E-state index contributed by atoms with van der Waals surface area (Å²) in [5, 5.41) is 14.8. The van der Waals surface area contributed by atoms with Crippen LogP contribution in [0.3, 0.4) is 0 Å². The van der Waals surface area contributed by atoms with Gasteiger partial charge in [0, 0.05) is 23.5 Å². The van der Waals surface area contributed by atoms with Gasteiger partial charge in [-0.3, -0.25) is 0 Å². The number of anilines is 1. The van der Waals surface area contributed by atoms with Crippen LogP contribution < -0.4 is 5.32 Å². The number of nitrogens with zero attached hydrogens (tertiary/aromatic N) is 3. The molecule has 0 aliphatic carbocycles. The Hall–Kier alpha value is -2.19. The molecular formula is C13H12N4S. The third-order valence-corrected chi connectivity index (χ3v) is 3.33. The molecule has 0 aliphatic heterocycles. The lowest BCUT2D eigenvalue weighted by molar-refractivity contribution is 1.24. The van der Waals surface area contributed by atoms with Gasteiger partial charge < -0.3 is 5.32 Å². The number of aryl methyl sites for hydroxylation is 2. The molecular weight excluding hydrogens is 244 g/mol. The van der Waals surface area contributed by atoms with Gasteiger partial charge in [0.1, 0.15) is 22.5 Å². The van der Waals surface area contributed by atoms with Crippen molar-refractivity contribution < 1.29 is 0 Å². The van der Waals surface area contributed by atoms with Gasteiger partial charge in [0.2, 0.25) is 0 Å². The van der Waals surface area contributed by atoms with E-state index in [2.05, 4.69) is 21.4 Å². The van der Waals surface area contributed by atoms with E-state index in [0.717, 1.165) is 22.1 Å². The number of nitrogens with one attached hydrogen (secondary N) is 1. The van der Waals surface area contributed by atoms with Crippen LogP contribution in [0.1, 0.15) is 16.3 Å². The number of aromatic nitrogens is 2. The second-order valence-corrected chi connectivity index (χ2v) is 4.64. The Balaban J connectivity index is 2.22. The average molecular weight is 256 g/mol. The number of nitriles is 1. The van der Waals surface area contributed by atoms with Crippen LogP contribution in [0.25, 0.3) is 5.57 Å². The molecule has 2 aromatic rings. The molecule has 1 N–H and O–H groups in total. The van der Waals surface area contributed by atoms with Crippen LogP contribution in [0.15, 0.2) is 29.9 Å². The van der Waals surface area contributed by atoms with Crippen LogP contribution in [-0.4, -0.2) is 9.97 Å². The lowest BCUT2D eigenvalue weighted by Gasteiger charge is -2.03. The fourth-order valence-corrected chi connectivity index (χ4v) is 2.16. The van der Waals surface area contributed by atoms with E-state index < -0.39 is 0 Å². The van der Waals surface area contributed by atoms with E-state index in [1.807, 2.05) is 31.4 Å². The molecule has 0 spiro atoms. The number of thiazole rings is 1. The Bertz CT molecular complexity index is 622. The van der Waals surface area contributed by atoms with Gasteiger partial charge in [0.05, 0.1) is 0 Å². The highest BCUT2D eigenvalue weighted by atomic mass is 32.1. The predicted octanol–water partition coefficient (Wildman–Crippen LogP) is 3.13. The van der Waals surface area contributed by atoms with Crippen LogP contribution in [0.2, 0.25) is 0 Å². The summed E-state index contributed by atoms with van der Waals surface area (Å²) in [4.78, 5) is 8.49. The zero-order valence-corrected chi connectivity index (χ0v) is 11.0. The zero-order chi connectivity index (χ0) is 13.0. The normalized spacial score (nSPS) is 11.1.